The molecule has 2 aromatic heterocycles. The topological polar surface area (TPSA) is 95.2 Å². The molecule has 3 N–H and O–H groups in total. The summed E-state index contributed by atoms with van der Waals surface area (Å²) in [5.41, 5.74) is 1.23. The smallest absolute Gasteiger partial charge is 0.262 e. The second-order valence-corrected chi connectivity index (χ2v) is 5.74. The van der Waals surface area contributed by atoms with E-state index in [1.165, 1.54) is 16.8 Å². The molecule has 25 heavy (non-hydrogen) atoms. The number of benzene rings is 1. The van der Waals surface area contributed by atoms with E-state index in [1.54, 1.807) is 36.7 Å². The maximum Gasteiger partial charge on any atom is 0.262 e. The molecule has 7 nitrogen and oxygen atoms in total. The van der Waals surface area contributed by atoms with Crippen molar-refractivity contribution in [3.63, 3.8) is 0 Å². The molecule has 2 heterocycles. The molecule has 0 fully saturated rings. The van der Waals surface area contributed by atoms with Crippen LogP contribution < -0.4 is 10.6 Å². The molecule has 0 aliphatic rings. The lowest BCUT2D eigenvalue weighted by atomic mass is 10.3. The van der Waals surface area contributed by atoms with Gasteiger partial charge in [0.15, 0.2) is 5.65 Å². The molecule has 0 unspecified atom stereocenters. The molecule has 3 aromatic rings. The normalized spacial score (nSPS) is 11.4. The van der Waals surface area contributed by atoms with E-state index in [9.17, 15) is 4.79 Å². The average molecular weight is 375 g/mol. The lowest BCUT2D eigenvalue weighted by Crippen LogP contribution is -2.27. The van der Waals surface area contributed by atoms with Crippen molar-refractivity contribution >= 4 is 46.7 Å². The lowest BCUT2D eigenvalue weighted by molar-refractivity contribution is 0.0968. The van der Waals surface area contributed by atoms with Crippen LogP contribution in [-0.2, 0) is 0 Å². The third-order valence-electron chi connectivity index (χ3n) is 3.22. The van der Waals surface area contributed by atoms with Gasteiger partial charge in [-0.05, 0) is 30.3 Å². The Labute approximate surface area is 152 Å². The van der Waals surface area contributed by atoms with Crippen molar-refractivity contribution in [2.75, 3.05) is 5.32 Å². The molecule has 0 bridgehead atoms. The van der Waals surface area contributed by atoms with E-state index in [2.05, 4.69) is 20.7 Å². The van der Waals surface area contributed by atoms with Crippen LogP contribution in [0.3, 0.4) is 0 Å². The number of carbonyl (C=O) groups excluding carboxylic acids is 1. The van der Waals surface area contributed by atoms with Gasteiger partial charge in [-0.3, -0.25) is 4.79 Å². The monoisotopic (exact) mass is 374 g/mol. The van der Waals surface area contributed by atoms with Crippen molar-refractivity contribution in [3.05, 3.63) is 70.4 Å². The van der Waals surface area contributed by atoms with Crippen LogP contribution in [0.2, 0.25) is 10.0 Å². The Kier molecular flexibility index (Phi) is 4.97. The van der Waals surface area contributed by atoms with Crippen molar-refractivity contribution in [3.8, 4) is 0 Å². The fraction of sp³-hybridized carbons (Fsp3) is 0. The molecule has 0 radical (unpaired) electrons. The zero-order chi connectivity index (χ0) is 17.8. The summed E-state index contributed by atoms with van der Waals surface area (Å²) >= 11 is 12.1. The first-order valence-corrected chi connectivity index (χ1v) is 7.86. The standard InChI is InChI=1S/C16H12Cl2N6O/c17-10-2-3-12(18)13(8-10)22-14(4-5-19)23-16(25)11-9-21-24-7-1-6-20-15(11)24/h1-9,19,22H,(H,23,25)/b14-4+,19-5?. The Bertz CT molecular complexity index is 982. The van der Waals surface area contributed by atoms with E-state index in [0.717, 1.165) is 6.21 Å². The Morgan fingerprint density at radius 2 is 2.16 bits per heavy atom. The highest BCUT2D eigenvalue weighted by molar-refractivity contribution is 6.35. The van der Waals surface area contributed by atoms with Crippen molar-refractivity contribution in [2.45, 2.75) is 0 Å². The second kappa shape index (κ2) is 7.33. The van der Waals surface area contributed by atoms with Gasteiger partial charge >= 0.3 is 0 Å². The molecule has 0 aliphatic heterocycles. The van der Waals surface area contributed by atoms with E-state index in [0.29, 0.717) is 26.9 Å². The summed E-state index contributed by atoms with van der Waals surface area (Å²) in [7, 11) is 0. The number of carbonyl (C=O) groups is 1. The lowest BCUT2D eigenvalue weighted by Gasteiger charge is -2.13. The highest BCUT2D eigenvalue weighted by atomic mass is 35.5. The van der Waals surface area contributed by atoms with Crippen LogP contribution in [0.25, 0.3) is 5.65 Å². The van der Waals surface area contributed by atoms with Gasteiger partial charge in [-0.2, -0.15) is 5.10 Å². The minimum atomic E-state index is -0.424. The summed E-state index contributed by atoms with van der Waals surface area (Å²) in [5.74, 6) is -0.160. The molecule has 9 heteroatoms. The summed E-state index contributed by atoms with van der Waals surface area (Å²) in [6.45, 7) is 0. The van der Waals surface area contributed by atoms with Crippen LogP contribution in [-0.4, -0.2) is 26.7 Å². The number of aromatic nitrogens is 3. The van der Waals surface area contributed by atoms with Gasteiger partial charge in [-0.15, -0.1) is 0 Å². The summed E-state index contributed by atoms with van der Waals surface area (Å²) < 4.78 is 1.50. The Morgan fingerprint density at radius 1 is 1.32 bits per heavy atom. The summed E-state index contributed by atoms with van der Waals surface area (Å²) in [5, 5.41) is 17.9. The first-order valence-electron chi connectivity index (χ1n) is 7.11. The van der Waals surface area contributed by atoms with E-state index in [4.69, 9.17) is 28.6 Å². The molecular formula is C16H12Cl2N6O. The molecular weight excluding hydrogens is 363 g/mol. The molecule has 0 saturated heterocycles. The molecule has 126 valence electrons. The van der Waals surface area contributed by atoms with Crippen LogP contribution in [0, 0.1) is 5.41 Å². The van der Waals surface area contributed by atoms with Crippen molar-refractivity contribution < 1.29 is 4.79 Å². The van der Waals surface area contributed by atoms with Gasteiger partial charge in [-0.1, -0.05) is 23.2 Å². The van der Waals surface area contributed by atoms with Crippen LogP contribution >= 0.6 is 23.2 Å². The first-order chi connectivity index (χ1) is 12.1. The molecule has 1 amide bonds. The number of rotatable bonds is 5. The van der Waals surface area contributed by atoms with Crippen molar-refractivity contribution in [2.24, 2.45) is 0 Å². The number of halogens is 2. The number of amides is 1. The predicted octanol–water partition coefficient (Wildman–Crippen LogP) is 3.37. The maximum absolute atomic E-state index is 12.5. The first kappa shape index (κ1) is 16.9. The molecule has 1 aromatic carbocycles. The fourth-order valence-electron chi connectivity index (χ4n) is 2.11. The number of allylic oxidation sites excluding steroid dienone is 1. The zero-order valence-corrected chi connectivity index (χ0v) is 14.2. The largest absolute Gasteiger partial charge is 0.340 e. The minimum Gasteiger partial charge on any atom is -0.340 e. The van der Waals surface area contributed by atoms with Gasteiger partial charge < -0.3 is 16.0 Å². The summed E-state index contributed by atoms with van der Waals surface area (Å²) in [6.07, 6.45) is 7.11. The van der Waals surface area contributed by atoms with Crippen LogP contribution in [0.1, 0.15) is 10.4 Å². The predicted molar refractivity (Wildman–Crippen MR) is 97.4 cm³/mol. The zero-order valence-electron chi connectivity index (χ0n) is 12.7. The van der Waals surface area contributed by atoms with Crippen molar-refractivity contribution in [1.29, 1.82) is 5.41 Å². The molecule has 0 atom stereocenters. The molecule has 0 aliphatic carbocycles. The average Bonchev–Trinajstić information content (AvgIpc) is 3.02. The second-order valence-electron chi connectivity index (χ2n) is 4.90. The van der Waals surface area contributed by atoms with E-state index in [1.807, 2.05) is 0 Å². The van der Waals surface area contributed by atoms with E-state index < -0.39 is 5.91 Å². The van der Waals surface area contributed by atoms with Gasteiger partial charge in [0.05, 0.1) is 16.9 Å². The van der Waals surface area contributed by atoms with Gasteiger partial charge in [-0.25, -0.2) is 9.50 Å². The number of anilines is 1. The van der Waals surface area contributed by atoms with Crippen molar-refractivity contribution in [1.82, 2.24) is 19.9 Å². The Hall–Kier alpha value is -2.90. The number of hydrogen-bond donors (Lipinski definition) is 3. The van der Waals surface area contributed by atoms with Gasteiger partial charge in [0, 0.05) is 23.6 Å². The third kappa shape index (κ3) is 3.78. The number of nitrogens with zero attached hydrogens (tertiary/aromatic N) is 3. The van der Waals surface area contributed by atoms with Crippen LogP contribution in [0.4, 0.5) is 5.69 Å². The highest BCUT2D eigenvalue weighted by Crippen LogP contribution is 2.26. The quantitative estimate of drug-likeness (QED) is 0.596. The molecule has 0 saturated carbocycles. The van der Waals surface area contributed by atoms with Crippen LogP contribution in [0.5, 0.6) is 0 Å². The maximum atomic E-state index is 12.5. The van der Waals surface area contributed by atoms with Crippen LogP contribution in [0.15, 0.2) is 54.8 Å². The van der Waals surface area contributed by atoms with E-state index in [-0.39, 0.29) is 5.82 Å². The Balaban J connectivity index is 1.85. The number of nitrogens with one attached hydrogen (secondary N) is 3. The SMILES string of the molecule is N=C/C=C(/NC(=O)c1cnn2cccnc12)Nc1cc(Cl)ccc1Cl. The fourth-order valence-corrected chi connectivity index (χ4v) is 2.45. The van der Waals surface area contributed by atoms with Gasteiger partial charge in [0.25, 0.3) is 5.91 Å². The summed E-state index contributed by atoms with van der Waals surface area (Å²) in [6, 6.07) is 6.61. The number of fused-ring (bicyclic) bond motifs is 1. The summed E-state index contributed by atoms with van der Waals surface area (Å²) in [4.78, 5) is 16.7. The third-order valence-corrected chi connectivity index (χ3v) is 3.78. The highest BCUT2D eigenvalue weighted by Gasteiger charge is 2.15. The van der Waals surface area contributed by atoms with Gasteiger partial charge in [0.1, 0.15) is 11.4 Å². The van der Waals surface area contributed by atoms with E-state index >= 15 is 0 Å². The molecule has 3 rings (SSSR count). The minimum absolute atomic E-state index is 0.263. The van der Waals surface area contributed by atoms with Gasteiger partial charge in [0.2, 0.25) is 0 Å². The Morgan fingerprint density at radius 3 is 2.96 bits per heavy atom. The number of hydrogen-bond acceptors (Lipinski definition) is 5. The molecule has 0 spiro atoms.